The van der Waals surface area contributed by atoms with Crippen LogP contribution in [0.25, 0.3) is 22.0 Å². The number of nitrogens with zero attached hydrogens (tertiary/aromatic N) is 1. The van der Waals surface area contributed by atoms with E-state index in [1.807, 2.05) is 48.5 Å². The minimum atomic E-state index is 0.399. The molecule has 1 heterocycles. The van der Waals surface area contributed by atoms with E-state index >= 15 is 0 Å². The summed E-state index contributed by atoms with van der Waals surface area (Å²) in [6.07, 6.45) is 1.78. The van der Waals surface area contributed by atoms with Crippen molar-refractivity contribution in [1.29, 1.82) is 0 Å². The van der Waals surface area contributed by atoms with Gasteiger partial charge >= 0.3 is 0 Å². The van der Waals surface area contributed by atoms with Crippen LogP contribution in [-0.2, 0) is 0 Å². The number of aromatic nitrogens is 1. The fourth-order valence-corrected chi connectivity index (χ4v) is 3.71. The van der Waals surface area contributed by atoms with Crippen molar-refractivity contribution in [3.63, 3.8) is 0 Å². The second kappa shape index (κ2) is 8.25. The second-order valence-corrected chi connectivity index (χ2v) is 7.62. The Balaban J connectivity index is 1.62. The van der Waals surface area contributed by atoms with E-state index in [1.54, 1.807) is 24.4 Å². The van der Waals surface area contributed by atoms with Crippen LogP contribution in [0.2, 0.25) is 10.0 Å². The summed E-state index contributed by atoms with van der Waals surface area (Å²) >= 11 is 18.1. The first-order valence-electron chi connectivity index (χ1n) is 8.78. The van der Waals surface area contributed by atoms with Gasteiger partial charge in [0.05, 0.1) is 21.4 Å². The van der Waals surface area contributed by atoms with E-state index in [2.05, 4.69) is 15.6 Å². The molecule has 0 saturated heterocycles. The minimum Gasteiger partial charge on any atom is -0.399 e. The summed E-state index contributed by atoms with van der Waals surface area (Å²) in [6.45, 7) is 0. The van der Waals surface area contributed by atoms with Crippen LogP contribution in [0.5, 0.6) is 0 Å². The number of thiocarbonyl (C=S) groups is 1. The van der Waals surface area contributed by atoms with Gasteiger partial charge in [0.15, 0.2) is 5.11 Å². The highest BCUT2D eigenvalue weighted by Crippen LogP contribution is 2.34. The predicted octanol–water partition coefficient (Wildman–Crippen LogP) is 6.60. The molecule has 7 heteroatoms. The van der Waals surface area contributed by atoms with Crippen LogP contribution in [0.3, 0.4) is 0 Å². The molecule has 4 nitrogen and oxygen atoms in total. The molecule has 144 valence electrons. The molecule has 1 aromatic heterocycles. The summed E-state index contributed by atoms with van der Waals surface area (Å²) in [7, 11) is 0. The summed E-state index contributed by atoms with van der Waals surface area (Å²) in [6, 6.07) is 20.8. The summed E-state index contributed by atoms with van der Waals surface area (Å²) in [4.78, 5) is 4.56. The van der Waals surface area contributed by atoms with E-state index in [1.165, 1.54) is 0 Å². The number of benzene rings is 3. The number of nitrogen functional groups attached to an aromatic ring is 1. The third-order valence-corrected chi connectivity index (χ3v) is 5.24. The van der Waals surface area contributed by atoms with Crippen molar-refractivity contribution in [3.8, 4) is 11.3 Å². The van der Waals surface area contributed by atoms with Crippen LogP contribution in [-0.4, -0.2) is 10.1 Å². The molecule has 0 bridgehead atoms. The molecule has 3 aromatic carbocycles. The molecule has 4 rings (SSSR count). The third kappa shape index (κ3) is 4.27. The van der Waals surface area contributed by atoms with Crippen molar-refractivity contribution < 1.29 is 0 Å². The molecule has 0 spiro atoms. The van der Waals surface area contributed by atoms with Crippen molar-refractivity contribution in [3.05, 3.63) is 83.0 Å². The van der Waals surface area contributed by atoms with Gasteiger partial charge in [0.2, 0.25) is 0 Å². The van der Waals surface area contributed by atoms with Gasteiger partial charge in [-0.1, -0.05) is 47.5 Å². The van der Waals surface area contributed by atoms with E-state index in [0.29, 0.717) is 26.5 Å². The van der Waals surface area contributed by atoms with Crippen molar-refractivity contribution in [1.82, 2.24) is 4.98 Å². The SMILES string of the molecule is Nc1ccc(NC(=S)Nc2ccc(Cl)c(-c3nccc4ccccc34)c2)c(Cl)c1. The summed E-state index contributed by atoms with van der Waals surface area (Å²) in [5, 5.41) is 9.87. The highest BCUT2D eigenvalue weighted by atomic mass is 35.5. The lowest BCUT2D eigenvalue weighted by Gasteiger charge is -2.14. The molecule has 4 N–H and O–H groups in total. The molecule has 0 atom stereocenters. The highest BCUT2D eigenvalue weighted by Gasteiger charge is 2.11. The van der Waals surface area contributed by atoms with Crippen molar-refractivity contribution >= 4 is 68.4 Å². The Morgan fingerprint density at radius 1 is 0.897 bits per heavy atom. The van der Waals surface area contributed by atoms with Crippen LogP contribution < -0.4 is 16.4 Å². The largest absolute Gasteiger partial charge is 0.399 e. The van der Waals surface area contributed by atoms with Crippen molar-refractivity contribution in [2.75, 3.05) is 16.4 Å². The summed E-state index contributed by atoms with van der Waals surface area (Å²) < 4.78 is 0. The Hall–Kier alpha value is -2.86. The monoisotopic (exact) mass is 438 g/mol. The molecule has 0 saturated carbocycles. The fourth-order valence-electron chi connectivity index (χ4n) is 3.04. The van der Waals surface area contributed by atoms with Crippen LogP contribution in [0.4, 0.5) is 17.1 Å². The molecule has 0 unspecified atom stereocenters. The number of nitrogens with two attached hydrogens (primary N) is 1. The van der Waals surface area contributed by atoms with Gasteiger partial charge in [0.25, 0.3) is 0 Å². The van der Waals surface area contributed by atoms with Crippen molar-refractivity contribution in [2.45, 2.75) is 0 Å². The van der Waals surface area contributed by atoms with Gasteiger partial charge < -0.3 is 16.4 Å². The molecule has 0 aliphatic heterocycles. The summed E-state index contributed by atoms with van der Waals surface area (Å²) in [5.74, 6) is 0. The first-order valence-corrected chi connectivity index (χ1v) is 9.94. The number of nitrogens with one attached hydrogen (secondary N) is 2. The molecule has 29 heavy (non-hydrogen) atoms. The smallest absolute Gasteiger partial charge is 0.175 e. The molecule has 0 aliphatic carbocycles. The maximum absolute atomic E-state index is 6.49. The number of fused-ring (bicyclic) bond motifs is 1. The molecule has 0 aliphatic rings. The number of hydrogen-bond acceptors (Lipinski definition) is 3. The van der Waals surface area contributed by atoms with Gasteiger partial charge in [-0.3, -0.25) is 4.98 Å². The van der Waals surface area contributed by atoms with E-state index in [-0.39, 0.29) is 0 Å². The number of hydrogen-bond donors (Lipinski definition) is 3. The van der Waals surface area contributed by atoms with Crippen LogP contribution in [0.1, 0.15) is 0 Å². The van der Waals surface area contributed by atoms with Crippen molar-refractivity contribution in [2.24, 2.45) is 0 Å². The maximum atomic E-state index is 6.49. The van der Waals surface area contributed by atoms with E-state index in [0.717, 1.165) is 27.7 Å². The first kappa shape index (κ1) is 19.5. The number of halogens is 2. The maximum Gasteiger partial charge on any atom is 0.175 e. The Labute approximate surface area is 183 Å². The van der Waals surface area contributed by atoms with Gasteiger partial charge in [0, 0.05) is 28.5 Å². The average molecular weight is 439 g/mol. The van der Waals surface area contributed by atoms with Crippen LogP contribution in [0.15, 0.2) is 72.9 Å². The Bertz CT molecular complexity index is 1220. The highest BCUT2D eigenvalue weighted by molar-refractivity contribution is 7.80. The molecule has 4 aromatic rings. The van der Waals surface area contributed by atoms with Crippen LogP contribution >= 0.6 is 35.4 Å². The Morgan fingerprint density at radius 2 is 1.72 bits per heavy atom. The predicted molar refractivity (Wildman–Crippen MR) is 128 cm³/mol. The normalized spacial score (nSPS) is 10.7. The van der Waals surface area contributed by atoms with E-state index in [9.17, 15) is 0 Å². The molecular weight excluding hydrogens is 423 g/mol. The first-order chi connectivity index (χ1) is 14.0. The number of pyridine rings is 1. The Morgan fingerprint density at radius 3 is 2.55 bits per heavy atom. The standard InChI is InChI=1S/C22H16Cl2N4S/c23-18-7-6-15(27-22(29)28-20-8-5-14(25)11-19(20)24)12-17(18)21-16-4-2-1-3-13(16)9-10-26-21/h1-12H,25H2,(H2,27,28,29). The van der Waals surface area contributed by atoms with Crippen LogP contribution in [0, 0.1) is 0 Å². The van der Waals surface area contributed by atoms with Gasteiger partial charge in [-0.25, -0.2) is 0 Å². The Kier molecular flexibility index (Phi) is 5.53. The fraction of sp³-hybridized carbons (Fsp3) is 0. The van der Waals surface area contributed by atoms with Gasteiger partial charge in [0.1, 0.15) is 0 Å². The van der Waals surface area contributed by atoms with Gasteiger partial charge in [-0.2, -0.15) is 0 Å². The van der Waals surface area contributed by atoms with E-state index < -0.39 is 0 Å². The summed E-state index contributed by atoms with van der Waals surface area (Å²) in [5.41, 5.74) is 9.40. The van der Waals surface area contributed by atoms with Gasteiger partial charge in [-0.05, 0) is 60.1 Å². The minimum absolute atomic E-state index is 0.399. The number of rotatable bonds is 3. The zero-order chi connectivity index (χ0) is 20.4. The number of anilines is 3. The average Bonchev–Trinajstić information content (AvgIpc) is 2.71. The van der Waals surface area contributed by atoms with Gasteiger partial charge in [-0.15, -0.1) is 0 Å². The zero-order valence-corrected chi connectivity index (χ0v) is 17.4. The molecule has 0 fully saturated rings. The topological polar surface area (TPSA) is 63.0 Å². The lowest BCUT2D eigenvalue weighted by atomic mass is 10.0. The quantitative estimate of drug-likeness (QED) is 0.248. The lowest BCUT2D eigenvalue weighted by Crippen LogP contribution is -2.19. The molecule has 0 amide bonds. The second-order valence-electron chi connectivity index (χ2n) is 6.39. The molecular formula is C22H16Cl2N4S. The van der Waals surface area contributed by atoms with E-state index in [4.69, 9.17) is 41.2 Å². The zero-order valence-electron chi connectivity index (χ0n) is 15.1. The third-order valence-electron chi connectivity index (χ3n) is 4.39. The lowest BCUT2D eigenvalue weighted by molar-refractivity contribution is 1.36. The molecule has 0 radical (unpaired) electrons.